The highest BCUT2D eigenvalue weighted by atomic mass is 32.2. The van der Waals surface area contributed by atoms with Crippen LogP contribution >= 0.6 is 0 Å². The Morgan fingerprint density at radius 2 is 1.73 bits per heavy atom. The van der Waals surface area contributed by atoms with Crippen molar-refractivity contribution in [3.8, 4) is 0 Å². The Morgan fingerprint density at radius 3 is 2.17 bits per heavy atom. The number of non-ortho nitro benzene ring substituents is 1. The lowest BCUT2D eigenvalue weighted by Crippen LogP contribution is -3.13. The molecule has 0 atom stereocenters. The lowest BCUT2D eigenvalue weighted by Gasteiger charge is -2.31. The Labute approximate surface area is 171 Å². The van der Waals surface area contributed by atoms with E-state index in [0.29, 0.717) is 26.2 Å². The third-order valence-electron chi connectivity index (χ3n) is 4.29. The zero-order valence-corrected chi connectivity index (χ0v) is 16.4. The minimum atomic E-state index is -3.62. The summed E-state index contributed by atoms with van der Waals surface area (Å²) in [6.07, 6.45) is 1.63. The number of sulfonamides is 1. The van der Waals surface area contributed by atoms with Gasteiger partial charge in [0, 0.05) is 12.1 Å². The summed E-state index contributed by atoms with van der Waals surface area (Å²) < 4.78 is 32.0. The summed E-state index contributed by atoms with van der Waals surface area (Å²) >= 11 is 0. The fourth-order valence-corrected chi connectivity index (χ4v) is 4.21. The summed E-state index contributed by atoms with van der Waals surface area (Å²) in [7, 11) is -3.62. The van der Waals surface area contributed by atoms with Crippen LogP contribution in [0.3, 0.4) is 0 Å². The van der Waals surface area contributed by atoms with Gasteiger partial charge < -0.3 is 24.3 Å². The molecule has 2 aromatic rings. The van der Waals surface area contributed by atoms with Crippen molar-refractivity contribution in [1.82, 2.24) is 4.31 Å². The van der Waals surface area contributed by atoms with Gasteiger partial charge in [-0.15, -0.1) is 0 Å². The summed E-state index contributed by atoms with van der Waals surface area (Å²) in [5, 5.41) is 27.0. The largest absolute Gasteiger partial charge is 0.539 e. The summed E-state index contributed by atoms with van der Waals surface area (Å²) in [6.45, 7) is 2.93. The topological polar surface area (TPSA) is 176 Å². The molecule has 0 unspecified atom stereocenters. The van der Waals surface area contributed by atoms with Crippen LogP contribution in [0, 0.1) is 10.1 Å². The molecule has 1 aromatic carbocycles. The molecule has 1 fully saturated rings. The lowest BCUT2D eigenvalue weighted by atomic mass is 10.3. The van der Waals surface area contributed by atoms with Gasteiger partial charge in [0.2, 0.25) is 10.0 Å². The Hall–Kier alpha value is -3.29. The van der Waals surface area contributed by atoms with E-state index < -0.39 is 26.9 Å². The number of hydrogen-bond acceptors (Lipinski definition) is 8. The fraction of sp³-hybridized carbons (Fsp3) is 0.294. The van der Waals surface area contributed by atoms with Gasteiger partial charge in [-0.1, -0.05) is 0 Å². The SMILES string of the molecule is O=C([O-])C(=O)O.O=[N+]([O-])c1ccc(S(=O)(=O)N2CC[NH+](Cc3ccco3)CC2)cc1. The highest BCUT2D eigenvalue weighted by molar-refractivity contribution is 7.89. The minimum absolute atomic E-state index is 0.0857. The second-order valence-corrected chi connectivity index (χ2v) is 8.19. The molecule has 0 amide bonds. The van der Waals surface area contributed by atoms with Crippen LogP contribution in [0.2, 0.25) is 0 Å². The molecule has 2 heterocycles. The van der Waals surface area contributed by atoms with Crippen molar-refractivity contribution in [3.63, 3.8) is 0 Å². The first kappa shape index (κ1) is 23.0. The van der Waals surface area contributed by atoms with E-state index in [1.54, 1.807) is 6.26 Å². The molecule has 30 heavy (non-hydrogen) atoms. The van der Waals surface area contributed by atoms with Crippen LogP contribution in [0.4, 0.5) is 5.69 Å². The van der Waals surface area contributed by atoms with E-state index in [4.69, 9.17) is 24.2 Å². The smallest absolute Gasteiger partial charge is 0.351 e. The molecule has 1 saturated heterocycles. The van der Waals surface area contributed by atoms with Crippen LogP contribution in [0.25, 0.3) is 0 Å². The van der Waals surface area contributed by atoms with Crippen molar-refractivity contribution in [3.05, 3.63) is 58.5 Å². The van der Waals surface area contributed by atoms with Gasteiger partial charge in [0.1, 0.15) is 6.54 Å². The monoisotopic (exact) mass is 441 g/mol. The summed E-state index contributed by atoms with van der Waals surface area (Å²) in [6, 6.07) is 8.75. The molecule has 1 aromatic heterocycles. The summed E-state index contributed by atoms with van der Waals surface area (Å²) in [5.41, 5.74) is -0.123. The first-order chi connectivity index (χ1) is 14.1. The number of quaternary nitrogens is 1. The number of nitro benzene ring substituents is 1. The number of hydrogen-bond donors (Lipinski definition) is 2. The number of carboxylic acid groups (broad SMARTS) is 2. The molecule has 0 spiro atoms. The quantitative estimate of drug-likeness (QED) is 0.305. The Kier molecular flexibility index (Phi) is 7.63. The van der Waals surface area contributed by atoms with Gasteiger partial charge in [-0.3, -0.25) is 10.1 Å². The van der Waals surface area contributed by atoms with Crippen LogP contribution in [0.1, 0.15) is 5.76 Å². The van der Waals surface area contributed by atoms with Crippen molar-refractivity contribution in [1.29, 1.82) is 0 Å². The fourth-order valence-electron chi connectivity index (χ4n) is 2.77. The maximum atomic E-state index is 12.6. The van der Waals surface area contributed by atoms with Gasteiger partial charge in [0.25, 0.3) is 5.69 Å². The molecular weight excluding hydrogens is 422 g/mol. The van der Waals surface area contributed by atoms with Crippen LogP contribution in [0.5, 0.6) is 0 Å². The normalized spacial score (nSPS) is 15.1. The van der Waals surface area contributed by atoms with Gasteiger partial charge in [-0.2, -0.15) is 4.31 Å². The number of nitrogens with zero attached hydrogens (tertiary/aromatic N) is 2. The molecule has 1 aliphatic heterocycles. The predicted molar refractivity (Wildman–Crippen MR) is 97.6 cm³/mol. The number of carboxylic acids is 2. The van der Waals surface area contributed by atoms with E-state index in [0.717, 1.165) is 12.3 Å². The average molecular weight is 441 g/mol. The molecule has 3 rings (SSSR count). The summed E-state index contributed by atoms with van der Waals surface area (Å²) in [4.78, 5) is 29.5. The van der Waals surface area contributed by atoms with Gasteiger partial charge in [-0.05, 0) is 24.3 Å². The third-order valence-corrected chi connectivity index (χ3v) is 6.21. The number of benzene rings is 1. The van der Waals surface area contributed by atoms with E-state index in [1.165, 1.54) is 33.5 Å². The number of rotatable bonds is 5. The maximum absolute atomic E-state index is 12.6. The standard InChI is InChI=1S/C15H17N3O5S.C2H2O4/c19-18(20)13-3-5-15(6-4-13)24(21,22)17-9-7-16(8-10-17)12-14-2-1-11-23-14;3-1(4)2(5)6/h1-6,11H,7-10,12H2;(H,3,4)(H,5,6). The van der Waals surface area contributed by atoms with Crippen LogP contribution in [0.15, 0.2) is 52.0 Å². The lowest BCUT2D eigenvalue weighted by molar-refractivity contribution is -0.918. The van der Waals surface area contributed by atoms with Crippen molar-refractivity contribution in [2.75, 3.05) is 26.2 Å². The predicted octanol–water partition coefficient (Wildman–Crippen LogP) is -1.90. The second-order valence-electron chi connectivity index (χ2n) is 6.25. The molecular formula is C17H19N3O9S. The van der Waals surface area contributed by atoms with Crippen LogP contribution in [-0.4, -0.2) is 60.9 Å². The zero-order chi connectivity index (χ0) is 22.3. The number of nitro groups is 1. The number of piperazine rings is 1. The highest BCUT2D eigenvalue weighted by Gasteiger charge is 2.30. The van der Waals surface area contributed by atoms with Crippen molar-refractivity contribution < 1.29 is 42.5 Å². The Balaban J connectivity index is 0.000000469. The Morgan fingerprint density at radius 1 is 1.17 bits per heavy atom. The van der Waals surface area contributed by atoms with E-state index >= 15 is 0 Å². The van der Waals surface area contributed by atoms with E-state index in [9.17, 15) is 18.5 Å². The van der Waals surface area contributed by atoms with Crippen molar-refractivity contribution in [2.24, 2.45) is 0 Å². The van der Waals surface area contributed by atoms with Crippen molar-refractivity contribution >= 4 is 27.6 Å². The van der Waals surface area contributed by atoms with E-state index in [-0.39, 0.29) is 10.6 Å². The van der Waals surface area contributed by atoms with Gasteiger partial charge in [0.05, 0.1) is 42.3 Å². The third kappa shape index (κ3) is 6.10. The van der Waals surface area contributed by atoms with Gasteiger partial charge >= 0.3 is 5.97 Å². The molecule has 12 nitrogen and oxygen atoms in total. The molecule has 0 aliphatic carbocycles. The molecule has 1 aliphatic rings. The van der Waals surface area contributed by atoms with Gasteiger partial charge in [0.15, 0.2) is 11.7 Å². The number of aliphatic carboxylic acids is 2. The maximum Gasteiger partial charge on any atom is 0.351 e. The molecule has 2 N–H and O–H groups in total. The number of nitrogens with one attached hydrogen (secondary N) is 1. The van der Waals surface area contributed by atoms with E-state index in [2.05, 4.69) is 0 Å². The highest BCUT2D eigenvalue weighted by Crippen LogP contribution is 2.19. The van der Waals surface area contributed by atoms with E-state index in [1.807, 2.05) is 12.1 Å². The van der Waals surface area contributed by atoms with Crippen LogP contribution < -0.4 is 10.0 Å². The number of carbonyl (C=O) groups excluding carboxylic acids is 1. The summed E-state index contributed by atoms with van der Waals surface area (Å²) in [5.74, 6) is -3.12. The first-order valence-electron chi connectivity index (χ1n) is 8.66. The van der Waals surface area contributed by atoms with Gasteiger partial charge in [-0.25, -0.2) is 13.2 Å². The average Bonchev–Trinajstić information content (AvgIpc) is 3.22. The Bertz CT molecular complexity index is 968. The molecule has 0 saturated carbocycles. The molecule has 0 radical (unpaired) electrons. The van der Waals surface area contributed by atoms with Crippen molar-refractivity contribution in [2.45, 2.75) is 11.4 Å². The number of furan rings is 1. The molecule has 13 heteroatoms. The second kappa shape index (κ2) is 9.96. The molecule has 162 valence electrons. The molecule has 0 bridgehead atoms. The van der Waals surface area contributed by atoms with Crippen LogP contribution in [-0.2, 0) is 26.2 Å². The zero-order valence-electron chi connectivity index (χ0n) is 15.6. The minimum Gasteiger partial charge on any atom is -0.539 e. The number of carbonyl (C=O) groups is 2. The first-order valence-corrected chi connectivity index (χ1v) is 10.1.